The van der Waals surface area contributed by atoms with Crippen molar-refractivity contribution in [3.63, 3.8) is 0 Å². The number of carbonyl (C=O) groups is 2. The second-order valence-electron chi connectivity index (χ2n) is 9.41. The van der Waals surface area contributed by atoms with E-state index in [1.54, 1.807) is 4.90 Å². The quantitative estimate of drug-likeness (QED) is 0.674. The second-order valence-corrected chi connectivity index (χ2v) is 9.41. The normalized spacial score (nSPS) is 21.6. The van der Waals surface area contributed by atoms with Gasteiger partial charge in [0.25, 0.3) is 5.91 Å². The molecule has 166 valence electrons. The summed E-state index contributed by atoms with van der Waals surface area (Å²) >= 11 is 0. The molecule has 5 rings (SSSR count). The first-order valence-corrected chi connectivity index (χ1v) is 11.6. The van der Waals surface area contributed by atoms with Crippen LogP contribution in [-0.2, 0) is 17.9 Å². The Morgan fingerprint density at radius 2 is 1.81 bits per heavy atom. The third kappa shape index (κ3) is 3.48. The maximum atomic E-state index is 13.8. The van der Waals surface area contributed by atoms with Crippen LogP contribution in [0.5, 0.6) is 0 Å². The molecule has 0 spiro atoms. The van der Waals surface area contributed by atoms with E-state index in [-0.39, 0.29) is 17.9 Å². The molecule has 0 bridgehead atoms. The smallest absolute Gasteiger partial charge is 0.291 e. The lowest BCUT2D eigenvalue weighted by atomic mass is 9.91. The molecule has 1 fully saturated rings. The number of aromatic nitrogens is 2. The lowest BCUT2D eigenvalue weighted by Gasteiger charge is -2.44. The van der Waals surface area contributed by atoms with Gasteiger partial charge in [0.15, 0.2) is 5.82 Å². The van der Waals surface area contributed by atoms with Gasteiger partial charge in [-0.1, -0.05) is 55.7 Å². The number of para-hydroxylation sites is 2. The van der Waals surface area contributed by atoms with Crippen molar-refractivity contribution in [3.8, 4) is 0 Å². The van der Waals surface area contributed by atoms with Crippen LogP contribution in [0.3, 0.4) is 0 Å². The first-order valence-electron chi connectivity index (χ1n) is 11.6. The minimum absolute atomic E-state index is 0.0743. The fraction of sp³-hybridized carbons (Fsp3) is 0.423. The number of hydrogen-bond acceptors (Lipinski definition) is 3. The molecule has 0 radical (unpaired) electrons. The minimum Gasteiger partial charge on any atom is -0.351 e. The summed E-state index contributed by atoms with van der Waals surface area (Å²) in [6, 6.07) is 16.0. The predicted octanol–water partition coefficient (Wildman–Crippen LogP) is 4.21. The summed E-state index contributed by atoms with van der Waals surface area (Å²) in [4.78, 5) is 33.9. The Labute approximate surface area is 188 Å². The molecule has 3 aromatic rings. The fourth-order valence-electron chi connectivity index (χ4n) is 5.12. The maximum absolute atomic E-state index is 13.8. The summed E-state index contributed by atoms with van der Waals surface area (Å²) in [6.07, 6.45) is 5.53. The molecular formula is C26H30N4O2. The molecule has 1 saturated carbocycles. The molecule has 2 aromatic carbocycles. The van der Waals surface area contributed by atoms with Crippen molar-refractivity contribution in [2.24, 2.45) is 0 Å². The van der Waals surface area contributed by atoms with Crippen molar-refractivity contribution in [1.82, 2.24) is 19.8 Å². The number of nitrogens with zero attached hydrogens (tertiary/aromatic N) is 3. The van der Waals surface area contributed by atoms with Gasteiger partial charge < -0.3 is 14.8 Å². The van der Waals surface area contributed by atoms with Gasteiger partial charge in [-0.2, -0.15) is 0 Å². The van der Waals surface area contributed by atoms with E-state index in [1.165, 1.54) is 6.42 Å². The molecule has 6 nitrogen and oxygen atoms in total. The van der Waals surface area contributed by atoms with E-state index in [0.29, 0.717) is 18.9 Å². The van der Waals surface area contributed by atoms with Crippen LogP contribution in [-0.4, -0.2) is 37.8 Å². The summed E-state index contributed by atoms with van der Waals surface area (Å²) < 4.78 is 1.92. The highest BCUT2D eigenvalue weighted by atomic mass is 16.2. The molecule has 1 aliphatic heterocycles. The summed E-state index contributed by atoms with van der Waals surface area (Å²) in [6.45, 7) is 4.71. The van der Waals surface area contributed by atoms with Crippen molar-refractivity contribution in [3.05, 3.63) is 65.5 Å². The average Bonchev–Trinajstić information content (AvgIpc) is 3.17. The number of hydrogen-bond donors (Lipinski definition) is 1. The van der Waals surface area contributed by atoms with Gasteiger partial charge >= 0.3 is 0 Å². The monoisotopic (exact) mass is 430 g/mol. The van der Waals surface area contributed by atoms with E-state index >= 15 is 0 Å². The van der Waals surface area contributed by atoms with E-state index < -0.39 is 5.54 Å². The SMILES string of the molecule is Cc1ccccc1CN1C(=O)c2nc3ccccc3n2CC1(C)C(=O)NC1CCCCC1. The zero-order valence-corrected chi connectivity index (χ0v) is 18.8. The van der Waals surface area contributed by atoms with Crippen molar-refractivity contribution >= 4 is 22.8 Å². The molecule has 2 aliphatic rings. The second kappa shape index (κ2) is 8.08. The van der Waals surface area contributed by atoms with Crippen molar-refractivity contribution in [1.29, 1.82) is 0 Å². The van der Waals surface area contributed by atoms with Crippen molar-refractivity contribution < 1.29 is 9.59 Å². The Bertz CT molecular complexity index is 1180. The van der Waals surface area contributed by atoms with E-state index in [4.69, 9.17) is 0 Å². The number of aryl methyl sites for hydroxylation is 1. The summed E-state index contributed by atoms with van der Waals surface area (Å²) in [5.41, 5.74) is 2.82. The van der Waals surface area contributed by atoms with Crippen LogP contribution in [0.15, 0.2) is 48.5 Å². The Hall–Kier alpha value is -3.15. The first-order chi connectivity index (χ1) is 15.5. The lowest BCUT2D eigenvalue weighted by molar-refractivity contribution is -0.134. The van der Waals surface area contributed by atoms with Gasteiger partial charge in [0.2, 0.25) is 5.91 Å². The lowest BCUT2D eigenvalue weighted by Crippen LogP contribution is -2.64. The van der Waals surface area contributed by atoms with Crippen LogP contribution in [0, 0.1) is 6.92 Å². The van der Waals surface area contributed by atoms with Crippen LogP contribution >= 0.6 is 0 Å². The molecule has 1 aliphatic carbocycles. The van der Waals surface area contributed by atoms with E-state index in [9.17, 15) is 9.59 Å². The van der Waals surface area contributed by atoms with E-state index in [2.05, 4.69) is 10.3 Å². The zero-order valence-electron chi connectivity index (χ0n) is 18.8. The van der Waals surface area contributed by atoms with Crippen LogP contribution in [0.4, 0.5) is 0 Å². The summed E-state index contributed by atoms with van der Waals surface area (Å²) in [5, 5.41) is 3.28. The number of fused-ring (bicyclic) bond motifs is 3. The fourth-order valence-corrected chi connectivity index (χ4v) is 5.12. The molecule has 1 atom stereocenters. The molecule has 0 saturated heterocycles. The Morgan fingerprint density at radius 3 is 2.59 bits per heavy atom. The number of imidazole rings is 1. The van der Waals surface area contributed by atoms with Gasteiger partial charge in [-0.3, -0.25) is 9.59 Å². The standard InChI is InChI=1S/C26H30N4O2/c1-18-10-6-7-11-19(18)16-30-24(31)23-28-21-14-8-9-15-22(21)29(23)17-26(30,2)25(32)27-20-12-4-3-5-13-20/h6-11,14-15,20H,3-5,12-13,16-17H2,1-2H3,(H,27,32). The Kier molecular flexibility index (Phi) is 5.24. The topological polar surface area (TPSA) is 67.2 Å². The molecule has 6 heteroatoms. The molecule has 2 amide bonds. The van der Waals surface area contributed by atoms with Gasteiger partial charge in [0.1, 0.15) is 5.54 Å². The Morgan fingerprint density at radius 1 is 1.09 bits per heavy atom. The van der Waals surface area contributed by atoms with Crippen molar-refractivity contribution in [2.45, 2.75) is 70.6 Å². The van der Waals surface area contributed by atoms with Crippen LogP contribution < -0.4 is 5.32 Å². The molecule has 1 N–H and O–H groups in total. The van der Waals surface area contributed by atoms with Crippen molar-refractivity contribution in [2.75, 3.05) is 0 Å². The number of carbonyl (C=O) groups excluding carboxylic acids is 2. The van der Waals surface area contributed by atoms with Gasteiger partial charge in [-0.25, -0.2) is 4.98 Å². The van der Waals surface area contributed by atoms with E-state index in [0.717, 1.165) is 47.8 Å². The molecule has 1 unspecified atom stereocenters. The number of nitrogens with one attached hydrogen (secondary N) is 1. The predicted molar refractivity (Wildman–Crippen MR) is 124 cm³/mol. The highest BCUT2D eigenvalue weighted by molar-refractivity contribution is 6.01. The molecule has 2 heterocycles. The first kappa shape index (κ1) is 20.7. The van der Waals surface area contributed by atoms with Gasteiger partial charge in [0.05, 0.1) is 17.6 Å². The highest BCUT2D eigenvalue weighted by Gasteiger charge is 2.48. The molecular weight excluding hydrogens is 400 g/mol. The summed E-state index contributed by atoms with van der Waals surface area (Å²) in [7, 11) is 0. The number of benzene rings is 2. The van der Waals surface area contributed by atoms with Gasteiger partial charge in [-0.05, 0) is 49.9 Å². The average molecular weight is 431 g/mol. The van der Waals surface area contributed by atoms with Crippen LogP contribution in [0.1, 0.15) is 60.8 Å². The third-order valence-electron chi connectivity index (χ3n) is 7.17. The Balaban J connectivity index is 1.56. The van der Waals surface area contributed by atoms with Gasteiger partial charge in [-0.15, -0.1) is 0 Å². The minimum atomic E-state index is -1.01. The van der Waals surface area contributed by atoms with E-state index in [1.807, 2.05) is 66.9 Å². The largest absolute Gasteiger partial charge is 0.351 e. The maximum Gasteiger partial charge on any atom is 0.291 e. The number of amides is 2. The number of rotatable bonds is 4. The zero-order chi connectivity index (χ0) is 22.3. The third-order valence-corrected chi connectivity index (χ3v) is 7.17. The molecule has 32 heavy (non-hydrogen) atoms. The van der Waals surface area contributed by atoms with Crippen LogP contribution in [0.2, 0.25) is 0 Å². The van der Waals surface area contributed by atoms with Crippen LogP contribution in [0.25, 0.3) is 11.0 Å². The van der Waals surface area contributed by atoms with Gasteiger partial charge in [0, 0.05) is 12.6 Å². The summed E-state index contributed by atoms with van der Waals surface area (Å²) in [5.74, 6) is 0.134. The highest BCUT2D eigenvalue weighted by Crippen LogP contribution is 2.33. The molecule has 1 aromatic heterocycles.